The molecule has 2 unspecified atom stereocenters. The third-order valence-corrected chi connectivity index (χ3v) is 6.09. The first-order chi connectivity index (χ1) is 12.4. The Balaban J connectivity index is 1.64. The maximum absolute atomic E-state index is 13.2. The number of nitrogens with one attached hydrogen (secondary N) is 3. The highest BCUT2D eigenvalue weighted by Crippen LogP contribution is 2.29. The first kappa shape index (κ1) is 19.7. The number of hydrogen-bond acceptors (Lipinski definition) is 5. The number of hydrogen-bond donors (Lipinski definition) is 3. The van der Waals surface area contributed by atoms with E-state index < -0.39 is 10.0 Å². The molecule has 0 saturated carbocycles. The summed E-state index contributed by atoms with van der Waals surface area (Å²) in [4.78, 5) is 2.36. The summed E-state index contributed by atoms with van der Waals surface area (Å²) >= 11 is 0. The van der Waals surface area contributed by atoms with E-state index in [2.05, 4.69) is 27.4 Å². The number of halogens is 1. The largest absolute Gasteiger partial charge is 0.301 e. The molecular formula is C18H29FN4O2S. The van der Waals surface area contributed by atoms with Crippen molar-refractivity contribution in [2.45, 2.75) is 31.8 Å². The Labute approximate surface area is 155 Å². The topological polar surface area (TPSA) is 73.5 Å². The molecule has 2 aliphatic heterocycles. The van der Waals surface area contributed by atoms with Crippen LogP contribution in [0, 0.1) is 17.7 Å². The lowest BCUT2D eigenvalue weighted by atomic mass is 9.94. The zero-order valence-electron chi connectivity index (χ0n) is 15.4. The summed E-state index contributed by atoms with van der Waals surface area (Å²) in [6.07, 6.45) is 3.30. The minimum Gasteiger partial charge on any atom is -0.301 e. The molecule has 2 fully saturated rings. The van der Waals surface area contributed by atoms with Gasteiger partial charge in [-0.1, -0.05) is 25.5 Å². The molecule has 0 spiro atoms. The number of hydrazine groups is 1. The van der Waals surface area contributed by atoms with Crippen molar-refractivity contribution >= 4 is 10.0 Å². The van der Waals surface area contributed by atoms with Gasteiger partial charge in [0.15, 0.2) is 0 Å². The molecule has 6 nitrogen and oxygen atoms in total. The molecule has 2 saturated heterocycles. The molecule has 0 radical (unpaired) electrons. The van der Waals surface area contributed by atoms with Gasteiger partial charge in [-0.25, -0.2) is 23.0 Å². The molecule has 3 rings (SSSR count). The first-order valence-corrected chi connectivity index (χ1v) is 11.2. The number of sulfonamides is 1. The van der Waals surface area contributed by atoms with Gasteiger partial charge >= 0.3 is 0 Å². The Kier molecular flexibility index (Phi) is 6.29. The molecule has 4 atom stereocenters. The van der Waals surface area contributed by atoms with Crippen molar-refractivity contribution in [3.8, 4) is 0 Å². The van der Waals surface area contributed by atoms with Crippen LogP contribution in [0.15, 0.2) is 24.3 Å². The van der Waals surface area contributed by atoms with Crippen molar-refractivity contribution in [1.82, 2.24) is 20.5 Å². The van der Waals surface area contributed by atoms with E-state index in [-0.39, 0.29) is 17.9 Å². The van der Waals surface area contributed by atoms with E-state index in [4.69, 9.17) is 0 Å². The van der Waals surface area contributed by atoms with Crippen molar-refractivity contribution in [3.63, 3.8) is 0 Å². The Morgan fingerprint density at radius 2 is 1.96 bits per heavy atom. The van der Waals surface area contributed by atoms with E-state index in [0.29, 0.717) is 11.8 Å². The van der Waals surface area contributed by atoms with Crippen LogP contribution >= 0.6 is 0 Å². The summed E-state index contributed by atoms with van der Waals surface area (Å²) < 4.78 is 39.4. The molecule has 146 valence electrons. The van der Waals surface area contributed by atoms with Crippen LogP contribution < -0.4 is 15.6 Å². The van der Waals surface area contributed by atoms with Gasteiger partial charge in [-0.3, -0.25) is 5.43 Å². The van der Waals surface area contributed by atoms with Crippen molar-refractivity contribution in [3.05, 3.63) is 35.6 Å². The predicted molar refractivity (Wildman–Crippen MR) is 100 cm³/mol. The number of nitrogens with zero attached hydrogens (tertiary/aromatic N) is 1. The van der Waals surface area contributed by atoms with Gasteiger partial charge in [0.2, 0.25) is 10.0 Å². The Hall–Kier alpha value is -1.06. The smallest absolute Gasteiger partial charge is 0.209 e. The predicted octanol–water partition coefficient (Wildman–Crippen LogP) is 1.24. The third-order valence-electron chi connectivity index (χ3n) is 5.36. The average Bonchev–Trinajstić information content (AvgIpc) is 3.15. The summed E-state index contributed by atoms with van der Waals surface area (Å²) in [5, 5.41) is 0. The van der Waals surface area contributed by atoms with Crippen LogP contribution in [0.3, 0.4) is 0 Å². The van der Waals surface area contributed by atoms with Gasteiger partial charge in [0.1, 0.15) is 5.82 Å². The fraction of sp³-hybridized carbons (Fsp3) is 0.667. The maximum atomic E-state index is 13.2. The Bertz CT molecular complexity index is 698. The van der Waals surface area contributed by atoms with Crippen LogP contribution in [-0.2, 0) is 10.0 Å². The highest BCUT2D eigenvalue weighted by atomic mass is 32.2. The average molecular weight is 385 g/mol. The molecule has 1 aromatic rings. The molecule has 0 bridgehead atoms. The summed E-state index contributed by atoms with van der Waals surface area (Å²) in [6, 6.07) is 6.74. The van der Waals surface area contributed by atoms with Crippen molar-refractivity contribution in [2.24, 2.45) is 11.8 Å². The molecular weight excluding hydrogens is 355 g/mol. The van der Waals surface area contributed by atoms with Gasteiger partial charge in [0.05, 0.1) is 12.3 Å². The summed E-state index contributed by atoms with van der Waals surface area (Å²) in [5.41, 5.74) is 7.57. The highest BCUT2D eigenvalue weighted by Gasteiger charge is 2.37. The van der Waals surface area contributed by atoms with E-state index in [9.17, 15) is 12.8 Å². The fourth-order valence-corrected chi connectivity index (χ4v) is 5.06. The molecule has 0 aromatic heterocycles. The molecule has 26 heavy (non-hydrogen) atoms. The molecule has 0 amide bonds. The Morgan fingerprint density at radius 3 is 2.62 bits per heavy atom. The highest BCUT2D eigenvalue weighted by molar-refractivity contribution is 7.88. The molecule has 0 aliphatic carbocycles. The van der Waals surface area contributed by atoms with E-state index in [0.717, 1.165) is 44.6 Å². The fourth-order valence-electron chi connectivity index (χ4n) is 4.24. The standard InChI is InChI=1S/C18H29FN4O2S/c1-3-4-14-10-23(12-17(14)22-26(2,24)25)11-15-9-20-21-18(15)13-5-7-16(19)8-6-13/h5-8,14-15,17-18,20-22H,3-4,9-12H2,1-2H3/t14-,15?,17-,18?/m1/s1. The normalized spacial score (nSPS) is 30.1. The number of likely N-dealkylation sites (tertiary alicyclic amines) is 1. The van der Waals surface area contributed by atoms with Crippen LogP contribution in [0.25, 0.3) is 0 Å². The summed E-state index contributed by atoms with van der Waals surface area (Å²) in [6.45, 7) is 5.50. The van der Waals surface area contributed by atoms with Gasteiger partial charge in [-0.05, 0) is 30.0 Å². The van der Waals surface area contributed by atoms with E-state index in [1.165, 1.54) is 18.4 Å². The zero-order valence-corrected chi connectivity index (χ0v) is 16.2. The van der Waals surface area contributed by atoms with Crippen LogP contribution in [0.1, 0.15) is 31.4 Å². The molecule has 2 aliphatic rings. The lowest BCUT2D eigenvalue weighted by Gasteiger charge is -2.24. The van der Waals surface area contributed by atoms with E-state index in [1.54, 1.807) is 0 Å². The molecule has 3 N–H and O–H groups in total. The van der Waals surface area contributed by atoms with E-state index >= 15 is 0 Å². The molecule has 2 heterocycles. The SMILES string of the molecule is CCC[C@@H]1CN(CC2CNNC2c2ccc(F)cc2)C[C@H]1NS(C)(=O)=O. The van der Waals surface area contributed by atoms with Crippen LogP contribution in [0.4, 0.5) is 4.39 Å². The minimum atomic E-state index is -3.20. The number of rotatable bonds is 7. The second-order valence-electron chi connectivity index (χ2n) is 7.58. The lowest BCUT2D eigenvalue weighted by Crippen LogP contribution is -2.40. The maximum Gasteiger partial charge on any atom is 0.209 e. The van der Waals surface area contributed by atoms with E-state index in [1.807, 2.05) is 12.1 Å². The Morgan fingerprint density at radius 1 is 1.23 bits per heavy atom. The van der Waals surface area contributed by atoms with Crippen molar-refractivity contribution in [2.75, 3.05) is 32.4 Å². The van der Waals surface area contributed by atoms with Crippen molar-refractivity contribution in [1.29, 1.82) is 0 Å². The van der Waals surface area contributed by atoms with Crippen LogP contribution in [0.2, 0.25) is 0 Å². The summed E-state index contributed by atoms with van der Waals surface area (Å²) in [7, 11) is -3.20. The molecule has 1 aromatic carbocycles. The zero-order chi connectivity index (χ0) is 18.7. The van der Waals surface area contributed by atoms with Gasteiger partial charge in [-0.2, -0.15) is 0 Å². The molecule has 8 heteroatoms. The monoisotopic (exact) mass is 384 g/mol. The van der Waals surface area contributed by atoms with Gasteiger partial charge in [0, 0.05) is 38.1 Å². The second-order valence-corrected chi connectivity index (χ2v) is 9.36. The van der Waals surface area contributed by atoms with Gasteiger partial charge < -0.3 is 4.90 Å². The minimum absolute atomic E-state index is 0.0171. The first-order valence-electron chi connectivity index (χ1n) is 9.29. The van der Waals surface area contributed by atoms with Gasteiger partial charge in [0.25, 0.3) is 0 Å². The summed E-state index contributed by atoms with van der Waals surface area (Å²) in [5.74, 6) is 0.467. The third kappa shape index (κ3) is 5.01. The van der Waals surface area contributed by atoms with Crippen LogP contribution in [-0.4, -0.2) is 51.8 Å². The quantitative estimate of drug-likeness (QED) is 0.660. The second kappa shape index (κ2) is 8.31. The number of benzene rings is 1. The lowest BCUT2D eigenvalue weighted by molar-refractivity contribution is 0.259. The van der Waals surface area contributed by atoms with Gasteiger partial charge in [-0.15, -0.1) is 0 Å². The van der Waals surface area contributed by atoms with Crippen LogP contribution in [0.5, 0.6) is 0 Å². The van der Waals surface area contributed by atoms with Crippen molar-refractivity contribution < 1.29 is 12.8 Å².